The van der Waals surface area contributed by atoms with Crippen LogP contribution in [0.1, 0.15) is 10.8 Å². The maximum Gasteiger partial charge on any atom is 0.242 e. The second kappa shape index (κ2) is 9.83. The smallest absolute Gasteiger partial charge is 0.242 e. The zero-order valence-electron chi connectivity index (χ0n) is 17.2. The van der Waals surface area contributed by atoms with E-state index in [9.17, 15) is 4.79 Å². The van der Waals surface area contributed by atoms with Crippen LogP contribution in [0.5, 0.6) is 0 Å². The van der Waals surface area contributed by atoms with Gasteiger partial charge in [0.05, 0.1) is 11.4 Å². The maximum atomic E-state index is 13.4. The molecule has 0 spiro atoms. The van der Waals surface area contributed by atoms with Crippen LogP contribution in [-0.4, -0.2) is 44.0 Å². The Morgan fingerprint density at radius 1 is 0.833 bits per heavy atom. The molecule has 1 heterocycles. The third-order valence-corrected chi connectivity index (χ3v) is 6.61. The summed E-state index contributed by atoms with van der Waals surface area (Å²) in [4.78, 5) is 19.2. The number of nitrogens with zero attached hydrogens (tertiary/aromatic N) is 2. The van der Waals surface area contributed by atoms with Gasteiger partial charge in [0, 0.05) is 31.1 Å². The molecule has 4 rings (SSSR count). The molecule has 0 aliphatic carbocycles. The Morgan fingerprint density at radius 2 is 1.43 bits per heavy atom. The summed E-state index contributed by atoms with van der Waals surface area (Å²) in [6.07, 6.45) is 0. The molecule has 1 atom stereocenters. The number of hydrogen-bond donors (Lipinski definition) is 1. The van der Waals surface area contributed by atoms with Gasteiger partial charge in [-0.25, -0.2) is 0 Å². The fraction of sp³-hybridized carbons (Fsp3) is 0.240. The number of rotatable bonds is 6. The van der Waals surface area contributed by atoms with E-state index in [2.05, 4.69) is 28.2 Å². The number of hydrogen-bond acceptors (Lipinski definition) is 4. The molecule has 0 bridgehead atoms. The largest absolute Gasteiger partial charge is 0.367 e. The normalized spacial score (nSPS) is 15.6. The number of piperazine rings is 1. The molecule has 3 aromatic carbocycles. The lowest BCUT2D eigenvalue weighted by Gasteiger charge is -2.35. The van der Waals surface area contributed by atoms with Crippen molar-refractivity contribution < 1.29 is 4.79 Å². The first-order chi connectivity index (χ1) is 14.7. The molecule has 0 radical (unpaired) electrons. The van der Waals surface area contributed by atoms with Crippen molar-refractivity contribution in [1.29, 1.82) is 0 Å². The second-order valence-corrected chi connectivity index (χ2v) is 8.70. The number of likely N-dealkylation sites (N-methyl/N-ethyl adjacent to an activating group) is 1. The van der Waals surface area contributed by atoms with Crippen molar-refractivity contribution in [1.82, 2.24) is 4.90 Å². The SMILES string of the molecule is CN1CCN(c2ccccc2NC(=O)C(Sc2ccccc2)c2ccccc2)CC1. The molecule has 4 nitrogen and oxygen atoms in total. The van der Waals surface area contributed by atoms with Gasteiger partial charge in [-0.2, -0.15) is 0 Å². The lowest BCUT2D eigenvalue weighted by atomic mass is 10.1. The Morgan fingerprint density at radius 3 is 2.13 bits per heavy atom. The molecule has 1 N–H and O–H groups in total. The van der Waals surface area contributed by atoms with E-state index in [0.717, 1.165) is 48.0 Å². The van der Waals surface area contributed by atoms with Crippen LogP contribution in [0.3, 0.4) is 0 Å². The Kier molecular flexibility index (Phi) is 6.72. The quantitative estimate of drug-likeness (QED) is 0.578. The monoisotopic (exact) mass is 417 g/mol. The third kappa shape index (κ3) is 5.04. The van der Waals surface area contributed by atoms with Gasteiger partial charge < -0.3 is 15.1 Å². The minimum atomic E-state index is -0.325. The van der Waals surface area contributed by atoms with Crippen LogP contribution in [0.2, 0.25) is 0 Å². The van der Waals surface area contributed by atoms with E-state index in [1.807, 2.05) is 78.9 Å². The average Bonchev–Trinajstić information content (AvgIpc) is 2.80. The van der Waals surface area contributed by atoms with Crippen molar-refractivity contribution in [3.05, 3.63) is 90.5 Å². The number of para-hydroxylation sites is 2. The van der Waals surface area contributed by atoms with Crippen LogP contribution in [0.25, 0.3) is 0 Å². The number of nitrogens with one attached hydrogen (secondary N) is 1. The maximum absolute atomic E-state index is 13.4. The Hall–Kier alpha value is -2.76. The first-order valence-corrected chi connectivity index (χ1v) is 11.2. The fourth-order valence-electron chi connectivity index (χ4n) is 3.64. The molecule has 1 aliphatic heterocycles. The first-order valence-electron chi connectivity index (χ1n) is 10.3. The minimum Gasteiger partial charge on any atom is -0.367 e. The summed E-state index contributed by atoms with van der Waals surface area (Å²) < 4.78 is 0. The summed E-state index contributed by atoms with van der Waals surface area (Å²) in [6, 6.07) is 28.2. The summed E-state index contributed by atoms with van der Waals surface area (Å²) in [5.41, 5.74) is 2.97. The molecule has 30 heavy (non-hydrogen) atoms. The van der Waals surface area contributed by atoms with E-state index in [1.54, 1.807) is 11.8 Å². The molecule has 1 amide bonds. The summed E-state index contributed by atoms with van der Waals surface area (Å²) in [5, 5.41) is 2.90. The van der Waals surface area contributed by atoms with Crippen LogP contribution in [0.15, 0.2) is 89.8 Å². The summed E-state index contributed by atoms with van der Waals surface area (Å²) in [5.74, 6) is -0.00312. The summed E-state index contributed by atoms with van der Waals surface area (Å²) in [7, 11) is 2.15. The lowest BCUT2D eigenvalue weighted by Crippen LogP contribution is -2.44. The predicted molar refractivity (Wildman–Crippen MR) is 126 cm³/mol. The average molecular weight is 418 g/mol. The van der Waals surface area contributed by atoms with Gasteiger partial charge in [-0.1, -0.05) is 60.7 Å². The predicted octanol–water partition coefficient (Wildman–Crippen LogP) is 4.91. The van der Waals surface area contributed by atoms with Gasteiger partial charge in [-0.3, -0.25) is 4.79 Å². The zero-order chi connectivity index (χ0) is 20.8. The Labute approximate surface area is 182 Å². The van der Waals surface area contributed by atoms with Crippen LogP contribution in [0.4, 0.5) is 11.4 Å². The number of carbonyl (C=O) groups is 1. The number of carbonyl (C=O) groups excluding carboxylic acids is 1. The van der Waals surface area contributed by atoms with E-state index in [0.29, 0.717) is 0 Å². The van der Waals surface area contributed by atoms with E-state index in [4.69, 9.17) is 0 Å². The van der Waals surface area contributed by atoms with Gasteiger partial charge in [-0.15, -0.1) is 11.8 Å². The molecule has 1 saturated heterocycles. The summed E-state index contributed by atoms with van der Waals surface area (Å²) >= 11 is 1.58. The molecule has 1 fully saturated rings. The van der Waals surface area contributed by atoms with Crippen molar-refractivity contribution in [2.45, 2.75) is 10.1 Å². The Bertz CT molecular complexity index is 956. The zero-order valence-corrected chi connectivity index (χ0v) is 18.0. The highest BCUT2D eigenvalue weighted by atomic mass is 32.2. The Balaban J connectivity index is 1.57. The van der Waals surface area contributed by atoms with Gasteiger partial charge in [0.15, 0.2) is 0 Å². The number of amides is 1. The van der Waals surface area contributed by atoms with E-state index in [1.165, 1.54) is 0 Å². The van der Waals surface area contributed by atoms with Crippen molar-refractivity contribution in [3.63, 3.8) is 0 Å². The number of benzene rings is 3. The molecule has 1 unspecified atom stereocenters. The van der Waals surface area contributed by atoms with Crippen molar-refractivity contribution in [3.8, 4) is 0 Å². The second-order valence-electron chi connectivity index (χ2n) is 7.52. The molecule has 154 valence electrons. The van der Waals surface area contributed by atoms with E-state index < -0.39 is 0 Å². The molecule has 3 aromatic rings. The van der Waals surface area contributed by atoms with Crippen LogP contribution in [0, 0.1) is 0 Å². The van der Waals surface area contributed by atoms with Gasteiger partial charge in [0.2, 0.25) is 5.91 Å². The van der Waals surface area contributed by atoms with Crippen molar-refractivity contribution >= 4 is 29.0 Å². The molecule has 5 heteroatoms. The summed E-state index contributed by atoms with van der Waals surface area (Å²) in [6.45, 7) is 3.98. The molecule has 0 saturated carbocycles. The highest BCUT2D eigenvalue weighted by Gasteiger charge is 2.24. The van der Waals surface area contributed by atoms with Crippen molar-refractivity contribution in [2.24, 2.45) is 0 Å². The van der Waals surface area contributed by atoms with E-state index in [-0.39, 0.29) is 11.2 Å². The van der Waals surface area contributed by atoms with Crippen LogP contribution in [-0.2, 0) is 4.79 Å². The highest BCUT2D eigenvalue weighted by Crippen LogP contribution is 2.37. The highest BCUT2D eigenvalue weighted by molar-refractivity contribution is 8.00. The molecular weight excluding hydrogens is 390 g/mol. The standard InChI is InChI=1S/C25H27N3OS/c1-27-16-18-28(19-17-27)23-15-9-8-14-22(23)26-25(29)24(20-10-4-2-5-11-20)30-21-12-6-3-7-13-21/h2-15,24H,16-19H2,1H3,(H,26,29). The van der Waals surface area contributed by atoms with Gasteiger partial charge >= 0.3 is 0 Å². The third-order valence-electron chi connectivity index (χ3n) is 5.34. The van der Waals surface area contributed by atoms with Crippen molar-refractivity contribution in [2.75, 3.05) is 43.4 Å². The number of anilines is 2. The topological polar surface area (TPSA) is 35.6 Å². The minimum absolute atomic E-state index is 0.00312. The first kappa shape index (κ1) is 20.5. The number of thioether (sulfide) groups is 1. The lowest BCUT2D eigenvalue weighted by molar-refractivity contribution is -0.115. The molecule has 1 aliphatic rings. The fourth-order valence-corrected chi connectivity index (χ4v) is 4.68. The van der Waals surface area contributed by atoms with Crippen LogP contribution >= 0.6 is 11.8 Å². The van der Waals surface area contributed by atoms with Gasteiger partial charge in [-0.05, 0) is 36.9 Å². The molecule has 0 aromatic heterocycles. The van der Waals surface area contributed by atoms with Gasteiger partial charge in [0.1, 0.15) is 5.25 Å². The van der Waals surface area contributed by atoms with Crippen LogP contribution < -0.4 is 10.2 Å². The molecular formula is C25H27N3OS. The van der Waals surface area contributed by atoms with E-state index >= 15 is 0 Å². The van der Waals surface area contributed by atoms with Gasteiger partial charge in [0.25, 0.3) is 0 Å².